The summed E-state index contributed by atoms with van der Waals surface area (Å²) in [6, 6.07) is 5.30. The molecule has 0 fully saturated rings. The van der Waals surface area contributed by atoms with Crippen LogP contribution in [0, 0.1) is 0 Å². The smallest absolute Gasteiger partial charge is 0.329 e. The van der Waals surface area contributed by atoms with Gasteiger partial charge >= 0.3 is 5.97 Å². The molecule has 0 aliphatic carbocycles. The van der Waals surface area contributed by atoms with Crippen molar-refractivity contribution in [3.8, 4) is 0 Å². The second-order valence-electron chi connectivity index (χ2n) is 4.90. The van der Waals surface area contributed by atoms with Gasteiger partial charge in [0.05, 0.1) is 11.1 Å². The first-order valence-electron chi connectivity index (χ1n) is 6.88. The molecule has 1 aliphatic rings. The molecule has 2 N–H and O–H groups in total. The largest absolute Gasteiger partial charge is 0.454 e. The lowest BCUT2D eigenvalue weighted by Gasteiger charge is -2.24. The molecular weight excluding hydrogens is 320 g/mol. The topological polar surface area (TPSA) is 107 Å². The van der Waals surface area contributed by atoms with Crippen molar-refractivity contribution in [3.05, 3.63) is 35.4 Å². The summed E-state index contributed by atoms with van der Waals surface area (Å²) in [6.45, 7) is -0.586. The number of amides is 3. The molecule has 1 aromatic carbocycles. The van der Waals surface area contributed by atoms with Gasteiger partial charge in [0.2, 0.25) is 0 Å². The summed E-state index contributed by atoms with van der Waals surface area (Å²) in [6.07, 6.45) is 2.08. The monoisotopic (exact) mass is 336 g/mol. The average Bonchev–Trinajstić information content (AvgIpc) is 2.78. The maximum Gasteiger partial charge on any atom is 0.329 e. The SMILES string of the molecule is CSCC[C@@H](C(=O)OCC(N)=O)N1C(=O)c2ccccc2C1=O. The zero-order valence-electron chi connectivity index (χ0n) is 12.5. The van der Waals surface area contributed by atoms with E-state index in [4.69, 9.17) is 10.5 Å². The number of nitrogens with two attached hydrogens (primary N) is 1. The van der Waals surface area contributed by atoms with Crippen LogP contribution in [0.1, 0.15) is 27.1 Å². The third kappa shape index (κ3) is 3.53. The highest BCUT2D eigenvalue weighted by molar-refractivity contribution is 7.98. The molecule has 0 saturated carbocycles. The van der Waals surface area contributed by atoms with Crippen molar-refractivity contribution >= 4 is 35.5 Å². The molecule has 0 radical (unpaired) electrons. The Hall–Kier alpha value is -2.35. The number of fused-ring (bicyclic) bond motifs is 1. The molecule has 1 aliphatic heterocycles. The molecule has 0 unspecified atom stereocenters. The summed E-state index contributed by atoms with van der Waals surface area (Å²) in [5.41, 5.74) is 5.47. The fourth-order valence-corrected chi connectivity index (χ4v) is 2.77. The number of esters is 1. The number of rotatable bonds is 7. The van der Waals surface area contributed by atoms with Gasteiger partial charge in [0.1, 0.15) is 6.04 Å². The lowest BCUT2D eigenvalue weighted by Crippen LogP contribution is -2.46. The van der Waals surface area contributed by atoms with Gasteiger partial charge in [-0.25, -0.2) is 4.79 Å². The summed E-state index contributed by atoms with van der Waals surface area (Å²) in [7, 11) is 0. The van der Waals surface area contributed by atoms with Crippen LogP contribution in [0.3, 0.4) is 0 Å². The summed E-state index contributed by atoms with van der Waals surface area (Å²) in [5, 5.41) is 0. The van der Waals surface area contributed by atoms with E-state index in [1.807, 2.05) is 6.26 Å². The predicted molar refractivity (Wildman–Crippen MR) is 83.9 cm³/mol. The Morgan fingerprint density at radius 2 is 1.78 bits per heavy atom. The third-order valence-electron chi connectivity index (χ3n) is 3.36. The van der Waals surface area contributed by atoms with Crippen molar-refractivity contribution in [3.63, 3.8) is 0 Å². The number of primary amides is 1. The van der Waals surface area contributed by atoms with Crippen LogP contribution in [0.2, 0.25) is 0 Å². The van der Waals surface area contributed by atoms with E-state index in [-0.39, 0.29) is 17.5 Å². The maximum atomic E-state index is 12.5. The highest BCUT2D eigenvalue weighted by atomic mass is 32.2. The van der Waals surface area contributed by atoms with E-state index in [2.05, 4.69) is 0 Å². The number of carbonyl (C=O) groups excluding carboxylic acids is 4. The van der Waals surface area contributed by atoms with Gasteiger partial charge in [-0.1, -0.05) is 12.1 Å². The summed E-state index contributed by atoms with van der Waals surface area (Å²) in [5.74, 6) is -2.14. The quantitative estimate of drug-likeness (QED) is 0.572. The van der Waals surface area contributed by atoms with Crippen molar-refractivity contribution in [2.24, 2.45) is 5.73 Å². The number of hydrogen-bond acceptors (Lipinski definition) is 6. The van der Waals surface area contributed by atoms with Crippen LogP contribution in [0.25, 0.3) is 0 Å². The fraction of sp³-hybridized carbons (Fsp3) is 0.333. The van der Waals surface area contributed by atoms with Crippen LogP contribution in [-0.4, -0.2) is 53.2 Å². The van der Waals surface area contributed by atoms with Gasteiger partial charge < -0.3 is 10.5 Å². The van der Waals surface area contributed by atoms with Gasteiger partial charge in [0.15, 0.2) is 6.61 Å². The van der Waals surface area contributed by atoms with Gasteiger partial charge in [0.25, 0.3) is 17.7 Å². The van der Waals surface area contributed by atoms with E-state index in [1.54, 1.807) is 12.1 Å². The Kier molecular flexibility index (Phi) is 5.38. The predicted octanol–water partition coefficient (Wildman–Crippen LogP) is 0.433. The zero-order valence-corrected chi connectivity index (χ0v) is 13.3. The normalized spacial score (nSPS) is 14.6. The Labute approximate surface area is 137 Å². The number of thioether (sulfide) groups is 1. The molecule has 0 bridgehead atoms. The first-order chi connectivity index (χ1) is 11.0. The Morgan fingerprint density at radius 1 is 1.22 bits per heavy atom. The Balaban J connectivity index is 2.26. The highest BCUT2D eigenvalue weighted by Gasteiger charge is 2.43. The van der Waals surface area contributed by atoms with E-state index in [9.17, 15) is 19.2 Å². The first-order valence-corrected chi connectivity index (χ1v) is 8.27. The van der Waals surface area contributed by atoms with Gasteiger partial charge in [-0.05, 0) is 30.6 Å². The molecule has 122 valence electrons. The molecule has 1 heterocycles. The minimum Gasteiger partial charge on any atom is -0.454 e. The van der Waals surface area contributed by atoms with Crippen LogP contribution < -0.4 is 5.73 Å². The molecule has 0 spiro atoms. The van der Waals surface area contributed by atoms with Crippen LogP contribution in [0.4, 0.5) is 0 Å². The number of carbonyl (C=O) groups is 4. The van der Waals surface area contributed by atoms with Crippen LogP contribution in [-0.2, 0) is 14.3 Å². The molecule has 3 amide bonds. The molecule has 0 saturated heterocycles. The summed E-state index contributed by atoms with van der Waals surface area (Å²) < 4.78 is 4.80. The van der Waals surface area contributed by atoms with E-state index in [0.29, 0.717) is 5.75 Å². The molecule has 0 aromatic heterocycles. The summed E-state index contributed by atoms with van der Waals surface area (Å²) >= 11 is 1.47. The van der Waals surface area contributed by atoms with E-state index >= 15 is 0 Å². The van der Waals surface area contributed by atoms with E-state index in [1.165, 1.54) is 23.9 Å². The van der Waals surface area contributed by atoms with Crippen LogP contribution in [0.15, 0.2) is 24.3 Å². The highest BCUT2D eigenvalue weighted by Crippen LogP contribution is 2.26. The molecule has 1 aromatic rings. The Morgan fingerprint density at radius 3 is 2.26 bits per heavy atom. The van der Waals surface area contributed by atoms with E-state index < -0.39 is 36.3 Å². The Bertz CT molecular complexity index is 626. The lowest BCUT2D eigenvalue weighted by atomic mass is 10.1. The maximum absolute atomic E-state index is 12.5. The van der Waals surface area contributed by atoms with Crippen molar-refractivity contribution in [2.75, 3.05) is 18.6 Å². The number of benzene rings is 1. The molecule has 1 atom stereocenters. The zero-order chi connectivity index (χ0) is 17.0. The van der Waals surface area contributed by atoms with Gasteiger partial charge in [-0.3, -0.25) is 19.3 Å². The number of hydrogen-bond donors (Lipinski definition) is 1. The fourth-order valence-electron chi connectivity index (χ4n) is 2.31. The third-order valence-corrected chi connectivity index (χ3v) is 4.01. The van der Waals surface area contributed by atoms with Gasteiger partial charge in [-0.15, -0.1) is 0 Å². The molecule has 2 rings (SSSR count). The van der Waals surface area contributed by atoms with Crippen molar-refractivity contribution in [2.45, 2.75) is 12.5 Å². The number of ether oxygens (including phenoxy) is 1. The molecular formula is C15H16N2O5S. The minimum atomic E-state index is -1.07. The van der Waals surface area contributed by atoms with Gasteiger partial charge in [-0.2, -0.15) is 11.8 Å². The molecule has 23 heavy (non-hydrogen) atoms. The van der Waals surface area contributed by atoms with Crippen LogP contribution >= 0.6 is 11.8 Å². The average molecular weight is 336 g/mol. The molecule has 7 nitrogen and oxygen atoms in total. The summed E-state index contributed by atoms with van der Waals surface area (Å²) in [4.78, 5) is 48.8. The van der Waals surface area contributed by atoms with Crippen LogP contribution in [0.5, 0.6) is 0 Å². The van der Waals surface area contributed by atoms with Crippen molar-refractivity contribution in [1.82, 2.24) is 4.90 Å². The standard InChI is InChI=1S/C15H16N2O5S/c1-23-7-6-11(15(21)22-8-12(16)18)17-13(19)9-4-2-3-5-10(9)14(17)20/h2-5,11H,6-8H2,1H3,(H2,16,18)/t11-/m0/s1. The second kappa shape index (κ2) is 7.28. The van der Waals surface area contributed by atoms with Crippen molar-refractivity contribution in [1.29, 1.82) is 0 Å². The minimum absolute atomic E-state index is 0.240. The first kappa shape index (κ1) is 17.0. The second-order valence-corrected chi connectivity index (χ2v) is 5.88. The van der Waals surface area contributed by atoms with E-state index in [0.717, 1.165) is 4.90 Å². The molecule has 8 heteroatoms. The number of nitrogens with zero attached hydrogens (tertiary/aromatic N) is 1. The van der Waals surface area contributed by atoms with Crippen molar-refractivity contribution < 1.29 is 23.9 Å². The van der Waals surface area contributed by atoms with Gasteiger partial charge in [0, 0.05) is 0 Å². The lowest BCUT2D eigenvalue weighted by molar-refractivity contribution is -0.151. The number of imide groups is 1.